The fourth-order valence-electron chi connectivity index (χ4n) is 5.36. The number of aliphatic hydroxyl groups is 1. The Kier molecular flexibility index (Phi) is 14.6. The molecule has 39 heavy (non-hydrogen) atoms. The highest BCUT2D eigenvalue weighted by Gasteiger charge is 2.25. The molecule has 0 bridgehead atoms. The molecule has 1 saturated carbocycles. The zero-order valence-corrected chi connectivity index (χ0v) is 22.5. The Balaban J connectivity index is 2.12. The largest absolute Gasteiger partial charge is 0.549 e. The lowest BCUT2D eigenvalue weighted by atomic mass is 9.94. The summed E-state index contributed by atoms with van der Waals surface area (Å²) in [7, 11) is 0. The van der Waals surface area contributed by atoms with E-state index in [0.717, 1.165) is 32.1 Å². The van der Waals surface area contributed by atoms with Crippen LogP contribution in [0.1, 0.15) is 32.1 Å². The Morgan fingerprint density at radius 1 is 0.641 bits per heavy atom. The molecule has 2 fully saturated rings. The van der Waals surface area contributed by atoms with E-state index in [0.29, 0.717) is 13.1 Å². The number of nitrogens with zero attached hydrogens (tertiary/aromatic N) is 5. The SMILES string of the molecule is O=C([O-])CN1CCN(CC(=O)[O-])CCN(CC(O)CN(CC(=O)[O-])C2CCCCC2)CCN(CC(=O)[O-])CC1. The molecule has 1 heterocycles. The topological polar surface area (TPSA) is 197 Å². The standard InChI is InChI=1S/C25H45N5O9/c31-21(15-30(19-25(38)39)20-4-2-1-3-5-20)14-26-6-8-27(16-22(32)33)10-12-29(18-24(36)37)13-11-28(9-7-26)17-23(34)35/h20-21,31H,1-19H2,(H,32,33)(H,34,35)(H,36,37)(H,38,39)/p-4. The summed E-state index contributed by atoms with van der Waals surface area (Å²) in [4.78, 5) is 53.7. The summed E-state index contributed by atoms with van der Waals surface area (Å²) in [5.74, 6) is -5.04. The fourth-order valence-corrected chi connectivity index (χ4v) is 5.36. The van der Waals surface area contributed by atoms with Crippen LogP contribution in [0.25, 0.3) is 0 Å². The number of carbonyl (C=O) groups excluding carboxylic acids is 4. The minimum absolute atomic E-state index is 0.0543. The summed E-state index contributed by atoms with van der Waals surface area (Å²) in [6.07, 6.45) is 3.91. The van der Waals surface area contributed by atoms with Crippen LogP contribution in [-0.2, 0) is 19.2 Å². The minimum atomic E-state index is -1.29. The van der Waals surface area contributed by atoms with Crippen LogP contribution in [0, 0.1) is 0 Å². The molecule has 0 radical (unpaired) electrons. The molecule has 224 valence electrons. The smallest absolute Gasteiger partial charge is 0.0794 e. The molecule has 1 aliphatic heterocycles. The average molecular weight is 556 g/mol. The predicted molar refractivity (Wildman–Crippen MR) is 130 cm³/mol. The van der Waals surface area contributed by atoms with Gasteiger partial charge in [0.25, 0.3) is 0 Å². The Labute approximate surface area is 229 Å². The molecule has 1 unspecified atom stereocenters. The summed E-state index contributed by atoms with van der Waals surface area (Å²) < 4.78 is 0. The van der Waals surface area contributed by atoms with Crippen molar-refractivity contribution < 1.29 is 44.7 Å². The highest BCUT2D eigenvalue weighted by atomic mass is 16.4. The average Bonchev–Trinajstić information content (AvgIpc) is 2.84. The summed E-state index contributed by atoms with van der Waals surface area (Å²) in [5, 5.41) is 56.1. The van der Waals surface area contributed by atoms with Crippen LogP contribution < -0.4 is 20.4 Å². The highest BCUT2D eigenvalue weighted by Crippen LogP contribution is 2.22. The first-order valence-electron chi connectivity index (χ1n) is 13.6. The van der Waals surface area contributed by atoms with Crippen molar-refractivity contribution in [3.63, 3.8) is 0 Å². The van der Waals surface area contributed by atoms with E-state index in [1.54, 1.807) is 19.6 Å². The first-order chi connectivity index (χ1) is 18.5. The molecular weight excluding hydrogens is 514 g/mol. The summed E-state index contributed by atoms with van der Waals surface area (Å²) >= 11 is 0. The van der Waals surface area contributed by atoms with E-state index in [1.807, 2.05) is 4.90 Å². The predicted octanol–water partition coefficient (Wildman–Crippen LogP) is -6.80. The number of β-amino-alcohol motifs (C(OH)–C–C–N with tert-alkyl or cyclic N) is 1. The summed E-state index contributed by atoms with van der Waals surface area (Å²) in [6, 6.07) is 0.0543. The van der Waals surface area contributed by atoms with E-state index >= 15 is 0 Å². The van der Waals surface area contributed by atoms with Gasteiger partial charge in [0, 0.05) is 97.7 Å². The highest BCUT2D eigenvalue weighted by molar-refractivity contribution is 5.67. The van der Waals surface area contributed by atoms with Gasteiger partial charge in [-0.15, -0.1) is 0 Å². The lowest BCUT2D eigenvalue weighted by molar-refractivity contribution is -0.308. The monoisotopic (exact) mass is 555 g/mol. The van der Waals surface area contributed by atoms with Crippen molar-refractivity contribution in [1.29, 1.82) is 0 Å². The van der Waals surface area contributed by atoms with Crippen molar-refractivity contribution in [3.05, 3.63) is 0 Å². The van der Waals surface area contributed by atoms with E-state index in [9.17, 15) is 44.7 Å². The number of hydrogen-bond acceptors (Lipinski definition) is 14. The van der Waals surface area contributed by atoms with Gasteiger partial charge < -0.3 is 44.7 Å². The molecule has 0 aromatic rings. The van der Waals surface area contributed by atoms with Crippen LogP contribution in [0.5, 0.6) is 0 Å². The second-order valence-electron chi connectivity index (χ2n) is 10.5. The Morgan fingerprint density at radius 3 is 1.38 bits per heavy atom. The number of carboxylic acid groups (broad SMARTS) is 4. The van der Waals surface area contributed by atoms with Gasteiger partial charge >= 0.3 is 0 Å². The third kappa shape index (κ3) is 14.0. The molecule has 2 rings (SSSR count). The second kappa shape index (κ2) is 17.4. The van der Waals surface area contributed by atoms with Crippen LogP contribution in [0.15, 0.2) is 0 Å². The molecule has 0 spiro atoms. The Bertz CT molecular complexity index is 764. The van der Waals surface area contributed by atoms with E-state index in [2.05, 4.69) is 0 Å². The normalized spacial score (nSPS) is 21.2. The van der Waals surface area contributed by atoms with Crippen molar-refractivity contribution in [2.45, 2.75) is 44.2 Å². The van der Waals surface area contributed by atoms with Crippen molar-refractivity contribution in [1.82, 2.24) is 24.5 Å². The minimum Gasteiger partial charge on any atom is -0.549 e. The van der Waals surface area contributed by atoms with Crippen LogP contribution in [0.4, 0.5) is 0 Å². The van der Waals surface area contributed by atoms with E-state index < -0.39 is 30.0 Å². The number of carboxylic acids is 4. The van der Waals surface area contributed by atoms with Crippen molar-refractivity contribution in [2.75, 3.05) is 91.6 Å². The van der Waals surface area contributed by atoms with Crippen LogP contribution >= 0.6 is 0 Å². The lowest BCUT2D eigenvalue weighted by Crippen LogP contribution is -2.53. The number of aliphatic hydroxyl groups excluding tert-OH is 1. The van der Waals surface area contributed by atoms with Gasteiger partial charge in [0.15, 0.2) is 0 Å². The van der Waals surface area contributed by atoms with Gasteiger partial charge in [-0.05, 0) is 12.8 Å². The third-order valence-electron chi connectivity index (χ3n) is 7.33. The van der Waals surface area contributed by atoms with Crippen LogP contribution in [-0.4, -0.2) is 157 Å². The van der Waals surface area contributed by atoms with E-state index in [-0.39, 0.29) is 84.6 Å². The quantitative estimate of drug-likeness (QED) is 0.225. The number of carbonyl (C=O) groups is 4. The van der Waals surface area contributed by atoms with Gasteiger partial charge in [-0.25, -0.2) is 0 Å². The fraction of sp³-hybridized carbons (Fsp3) is 0.840. The summed E-state index contributed by atoms with van der Waals surface area (Å²) in [5.41, 5.74) is 0. The number of aliphatic carboxylic acids is 4. The molecule has 14 nitrogen and oxygen atoms in total. The van der Waals surface area contributed by atoms with Crippen LogP contribution in [0.2, 0.25) is 0 Å². The molecular formula is C25H41N5O9-4. The van der Waals surface area contributed by atoms with E-state index in [4.69, 9.17) is 0 Å². The molecule has 1 atom stereocenters. The molecule has 1 aliphatic carbocycles. The zero-order valence-electron chi connectivity index (χ0n) is 22.5. The maximum atomic E-state index is 11.4. The summed E-state index contributed by atoms with van der Waals surface area (Å²) in [6.45, 7) is 1.12. The van der Waals surface area contributed by atoms with Gasteiger partial charge in [-0.1, -0.05) is 19.3 Å². The van der Waals surface area contributed by atoms with Crippen molar-refractivity contribution in [3.8, 4) is 0 Å². The molecule has 14 heteroatoms. The third-order valence-corrected chi connectivity index (χ3v) is 7.33. The Morgan fingerprint density at radius 2 is 1.03 bits per heavy atom. The van der Waals surface area contributed by atoms with Gasteiger partial charge in [-0.2, -0.15) is 0 Å². The van der Waals surface area contributed by atoms with Crippen LogP contribution in [0.3, 0.4) is 0 Å². The Hall–Kier alpha value is -2.36. The second-order valence-corrected chi connectivity index (χ2v) is 10.5. The van der Waals surface area contributed by atoms with Gasteiger partial charge in [-0.3, -0.25) is 24.5 Å². The maximum Gasteiger partial charge on any atom is 0.0794 e. The van der Waals surface area contributed by atoms with Gasteiger partial charge in [0.05, 0.1) is 30.0 Å². The molecule has 0 aromatic carbocycles. The molecule has 1 saturated heterocycles. The lowest BCUT2D eigenvalue weighted by Gasteiger charge is -2.38. The maximum absolute atomic E-state index is 11.4. The van der Waals surface area contributed by atoms with E-state index in [1.165, 1.54) is 0 Å². The van der Waals surface area contributed by atoms with Crippen molar-refractivity contribution in [2.24, 2.45) is 0 Å². The van der Waals surface area contributed by atoms with Crippen molar-refractivity contribution >= 4 is 23.9 Å². The molecule has 0 aromatic heterocycles. The van der Waals surface area contributed by atoms with Gasteiger partial charge in [0.2, 0.25) is 0 Å². The zero-order chi connectivity index (χ0) is 28.8. The molecule has 0 amide bonds. The molecule has 2 aliphatic rings. The molecule has 1 N–H and O–H groups in total. The van der Waals surface area contributed by atoms with Gasteiger partial charge in [0.1, 0.15) is 0 Å². The number of hydrogen-bond donors (Lipinski definition) is 1. The first kappa shape index (κ1) is 32.8. The number of rotatable bonds is 13. The first-order valence-corrected chi connectivity index (χ1v) is 13.6.